The third-order valence-corrected chi connectivity index (χ3v) is 5.46. The Bertz CT molecular complexity index is 991. The second kappa shape index (κ2) is 8.61. The van der Waals surface area contributed by atoms with E-state index in [1.807, 2.05) is 25.1 Å². The first-order valence-corrected chi connectivity index (χ1v) is 10.2. The number of benzene rings is 2. The first-order chi connectivity index (χ1) is 14.1. The Balaban J connectivity index is 1.63. The number of likely N-dealkylation sites (tertiary alicyclic amines) is 1. The summed E-state index contributed by atoms with van der Waals surface area (Å²) >= 11 is 0. The number of rotatable bonds is 8. The number of nitro benzene ring substituents is 1. The Morgan fingerprint density at radius 3 is 2.55 bits per heavy atom. The molecule has 152 valence electrons. The van der Waals surface area contributed by atoms with Crippen molar-refractivity contribution in [1.29, 1.82) is 0 Å². The molecule has 1 aromatic heterocycles. The zero-order valence-electron chi connectivity index (χ0n) is 16.7. The predicted octanol–water partition coefficient (Wildman–Crippen LogP) is 4.03. The summed E-state index contributed by atoms with van der Waals surface area (Å²) in [5.74, 6) is 1.79. The number of fused-ring (bicyclic) bond motifs is 1. The van der Waals surface area contributed by atoms with E-state index in [-0.39, 0.29) is 10.6 Å². The van der Waals surface area contributed by atoms with Gasteiger partial charge in [-0.1, -0.05) is 12.1 Å². The Labute approximate surface area is 170 Å². The molecule has 1 saturated heterocycles. The average Bonchev–Trinajstić information content (AvgIpc) is 3.35. The molecule has 0 amide bonds. The molecule has 29 heavy (non-hydrogen) atoms. The van der Waals surface area contributed by atoms with Crippen molar-refractivity contribution in [3.05, 3.63) is 64.0 Å². The molecular formula is C22H26N4O3. The van der Waals surface area contributed by atoms with E-state index in [4.69, 9.17) is 9.72 Å². The summed E-state index contributed by atoms with van der Waals surface area (Å²) in [6.07, 6.45) is 3.20. The molecule has 2 heterocycles. The number of nitro groups is 1. The van der Waals surface area contributed by atoms with Crippen molar-refractivity contribution in [2.24, 2.45) is 0 Å². The van der Waals surface area contributed by atoms with Gasteiger partial charge in [0.1, 0.15) is 11.6 Å². The highest BCUT2D eigenvalue weighted by molar-refractivity contribution is 5.78. The zero-order chi connectivity index (χ0) is 20.2. The lowest BCUT2D eigenvalue weighted by Crippen LogP contribution is -2.24. The molecule has 0 unspecified atom stereocenters. The Hall–Kier alpha value is -2.93. The molecule has 7 heteroatoms. The van der Waals surface area contributed by atoms with Crippen LogP contribution < -0.4 is 4.74 Å². The summed E-state index contributed by atoms with van der Waals surface area (Å²) in [6.45, 7) is 6.71. The van der Waals surface area contributed by atoms with Crippen LogP contribution in [0.5, 0.6) is 5.75 Å². The van der Waals surface area contributed by atoms with E-state index in [1.54, 1.807) is 12.1 Å². The van der Waals surface area contributed by atoms with E-state index in [9.17, 15) is 10.1 Å². The quantitative estimate of drug-likeness (QED) is 0.426. The van der Waals surface area contributed by atoms with E-state index in [0.29, 0.717) is 18.5 Å². The average molecular weight is 394 g/mol. The summed E-state index contributed by atoms with van der Waals surface area (Å²) in [7, 11) is 0. The normalized spacial score (nSPS) is 14.5. The lowest BCUT2D eigenvalue weighted by Gasteiger charge is -2.16. The van der Waals surface area contributed by atoms with Gasteiger partial charge >= 0.3 is 0 Å². The largest absolute Gasteiger partial charge is 0.494 e. The van der Waals surface area contributed by atoms with Crippen LogP contribution >= 0.6 is 0 Å². The summed E-state index contributed by atoms with van der Waals surface area (Å²) in [4.78, 5) is 18.0. The second-order valence-corrected chi connectivity index (χ2v) is 7.41. The van der Waals surface area contributed by atoms with E-state index in [0.717, 1.165) is 48.8 Å². The van der Waals surface area contributed by atoms with Gasteiger partial charge in [0.2, 0.25) is 0 Å². The van der Waals surface area contributed by atoms with E-state index < -0.39 is 0 Å². The molecule has 0 N–H and O–H groups in total. The van der Waals surface area contributed by atoms with Gasteiger partial charge in [-0.25, -0.2) is 4.98 Å². The topological polar surface area (TPSA) is 73.4 Å². The number of non-ortho nitro benzene ring substituents is 1. The summed E-state index contributed by atoms with van der Waals surface area (Å²) < 4.78 is 7.74. The highest BCUT2D eigenvalue weighted by Crippen LogP contribution is 2.24. The molecule has 3 aromatic rings. The lowest BCUT2D eigenvalue weighted by atomic mass is 10.1. The highest BCUT2D eigenvalue weighted by atomic mass is 16.6. The fraction of sp³-hybridized carbons (Fsp3) is 0.409. The van der Waals surface area contributed by atoms with Gasteiger partial charge in [0, 0.05) is 31.6 Å². The number of imidazole rings is 1. The summed E-state index contributed by atoms with van der Waals surface area (Å²) in [5.41, 5.74) is 2.85. The van der Waals surface area contributed by atoms with Gasteiger partial charge in [0.15, 0.2) is 0 Å². The lowest BCUT2D eigenvalue weighted by molar-refractivity contribution is -0.384. The molecule has 0 aliphatic carbocycles. The zero-order valence-corrected chi connectivity index (χ0v) is 16.7. The molecule has 4 rings (SSSR count). The standard InChI is InChI=1S/C22H26N4O3/c1-2-29-19-8-5-17(6-9-19)15-22-23-20-16-18(26(27)28)7-10-21(20)25(22)14-13-24-11-3-4-12-24/h5-10,16H,2-4,11-15H2,1H3. The minimum Gasteiger partial charge on any atom is -0.494 e. The van der Waals surface area contributed by atoms with Crippen molar-refractivity contribution < 1.29 is 9.66 Å². The van der Waals surface area contributed by atoms with Gasteiger partial charge in [0.05, 0.1) is 22.6 Å². The van der Waals surface area contributed by atoms with Crippen molar-refractivity contribution in [2.45, 2.75) is 32.7 Å². The van der Waals surface area contributed by atoms with Crippen molar-refractivity contribution in [3.8, 4) is 5.75 Å². The van der Waals surface area contributed by atoms with E-state index in [2.05, 4.69) is 21.6 Å². The fourth-order valence-electron chi connectivity index (χ4n) is 3.97. The molecule has 2 aromatic carbocycles. The molecule has 7 nitrogen and oxygen atoms in total. The molecular weight excluding hydrogens is 368 g/mol. The Morgan fingerprint density at radius 1 is 1.10 bits per heavy atom. The molecule has 1 fully saturated rings. The second-order valence-electron chi connectivity index (χ2n) is 7.41. The smallest absolute Gasteiger partial charge is 0.271 e. The molecule has 0 spiro atoms. The maximum atomic E-state index is 11.2. The Morgan fingerprint density at radius 2 is 1.86 bits per heavy atom. The number of hydrogen-bond acceptors (Lipinski definition) is 5. The predicted molar refractivity (Wildman–Crippen MR) is 112 cm³/mol. The van der Waals surface area contributed by atoms with Gasteiger partial charge in [0.25, 0.3) is 5.69 Å². The summed E-state index contributed by atoms with van der Waals surface area (Å²) in [6, 6.07) is 13.0. The van der Waals surface area contributed by atoms with E-state index >= 15 is 0 Å². The van der Waals surface area contributed by atoms with Crippen molar-refractivity contribution in [1.82, 2.24) is 14.5 Å². The van der Waals surface area contributed by atoms with Crippen LogP contribution in [0.1, 0.15) is 31.2 Å². The van der Waals surface area contributed by atoms with Crippen molar-refractivity contribution >= 4 is 16.7 Å². The molecule has 1 aliphatic heterocycles. The van der Waals surface area contributed by atoms with Crippen LogP contribution in [-0.2, 0) is 13.0 Å². The van der Waals surface area contributed by atoms with Gasteiger partial charge in [-0.3, -0.25) is 10.1 Å². The van der Waals surface area contributed by atoms with Crippen LogP contribution in [0.25, 0.3) is 11.0 Å². The molecule has 1 aliphatic rings. The third-order valence-electron chi connectivity index (χ3n) is 5.46. The molecule has 0 bridgehead atoms. The van der Waals surface area contributed by atoms with Crippen LogP contribution in [-0.4, -0.2) is 45.6 Å². The maximum Gasteiger partial charge on any atom is 0.271 e. The van der Waals surface area contributed by atoms with E-state index in [1.165, 1.54) is 12.8 Å². The van der Waals surface area contributed by atoms with Gasteiger partial charge in [-0.15, -0.1) is 0 Å². The monoisotopic (exact) mass is 394 g/mol. The first-order valence-electron chi connectivity index (χ1n) is 10.2. The molecule has 0 radical (unpaired) electrons. The van der Waals surface area contributed by atoms with Crippen LogP contribution in [0.15, 0.2) is 42.5 Å². The number of aromatic nitrogens is 2. The first kappa shape index (κ1) is 19.4. The minimum atomic E-state index is -0.366. The van der Waals surface area contributed by atoms with Gasteiger partial charge < -0.3 is 14.2 Å². The van der Waals surface area contributed by atoms with Crippen LogP contribution in [0.2, 0.25) is 0 Å². The summed E-state index contributed by atoms with van der Waals surface area (Å²) in [5, 5.41) is 11.2. The number of nitrogens with zero attached hydrogens (tertiary/aromatic N) is 4. The van der Waals surface area contributed by atoms with Gasteiger partial charge in [-0.05, 0) is 56.6 Å². The Kier molecular flexibility index (Phi) is 5.76. The van der Waals surface area contributed by atoms with Crippen LogP contribution in [0, 0.1) is 10.1 Å². The number of ether oxygens (including phenoxy) is 1. The van der Waals surface area contributed by atoms with Crippen molar-refractivity contribution in [3.63, 3.8) is 0 Å². The fourth-order valence-corrected chi connectivity index (χ4v) is 3.97. The third kappa shape index (κ3) is 4.40. The van der Waals surface area contributed by atoms with Crippen LogP contribution in [0.4, 0.5) is 5.69 Å². The van der Waals surface area contributed by atoms with Crippen molar-refractivity contribution in [2.75, 3.05) is 26.2 Å². The molecule has 0 saturated carbocycles. The highest BCUT2D eigenvalue weighted by Gasteiger charge is 2.17. The number of hydrogen-bond donors (Lipinski definition) is 0. The maximum absolute atomic E-state index is 11.2. The minimum absolute atomic E-state index is 0.0781. The SMILES string of the molecule is CCOc1ccc(Cc2nc3cc([N+](=O)[O-])ccc3n2CCN2CCCC2)cc1. The molecule has 0 atom stereocenters. The van der Waals surface area contributed by atoms with Crippen LogP contribution in [0.3, 0.4) is 0 Å². The van der Waals surface area contributed by atoms with Gasteiger partial charge in [-0.2, -0.15) is 0 Å².